The van der Waals surface area contributed by atoms with E-state index in [4.69, 9.17) is 4.74 Å². The average molecular weight is 532 g/mol. The van der Waals surface area contributed by atoms with Crippen molar-refractivity contribution in [3.05, 3.63) is 58.9 Å². The van der Waals surface area contributed by atoms with Crippen LogP contribution in [0.5, 0.6) is 0 Å². The summed E-state index contributed by atoms with van der Waals surface area (Å²) >= 11 is 0. The number of Topliss-reactive ketones (excluding diaryl/α,β-unsaturated/α-hetero) is 1. The van der Waals surface area contributed by atoms with Gasteiger partial charge in [0.25, 0.3) is 0 Å². The molecule has 1 aliphatic carbocycles. The molecule has 3 fully saturated rings. The minimum Gasteiger partial charge on any atom is -0.444 e. The van der Waals surface area contributed by atoms with Gasteiger partial charge in [0.2, 0.25) is 0 Å². The highest BCUT2D eigenvalue weighted by atomic mass is 19.1. The molecule has 2 aromatic carbocycles. The minimum absolute atomic E-state index is 0.0102. The molecule has 2 aromatic rings. The van der Waals surface area contributed by atoms with E-state index in [1.54, 1.807) is 11.0 Å². The van der Waals surface area contributed by atoms with Crippen LogP contribution in [0.4, 0.5) is 9.18 Å². The number of carbonyl (C=O) groups excluding carboxylic acids is 2. The quantitative estimate of drug-likeness (QED) is 0.440. The first kappa shape index (κ1) is 27.3. The number of rotatable bonds is 6. The van der Waals surface area contributed by atoms with Gasteiger partial charge >= 0.3 is 6.09 Å². The Bertz CT molecular complexity index is 1300. The van der Waals surface area contributed by atoms with Gasteiger partial charge in [-0.25, -0.2) is 9.18 Å². The average Bonchev–Trinajstić information content (AvgIpc) is 3.27. The summed E-state index contributed by atoms with van der Waals surface area (Å²) in [6.45, 7) is 7.26. The molecule has 3 heterocycles. The third kappa shape index (κ3) is 5.86. The van der Waals surface area contributed by atoms with Gasteiger partial charge in [0, 0.05) is 25.6 Å². The van der Waals surface area contributed by atoms with Gasteiger partial charge in [-0.2, -0.15) is 5.26 Å². The Balaban J connectivity index is 1.28. The fraction of sp³-hybridized carbons (Fsp3) is 0.531. The zero-order chi connectivity index (χ0) is 27.9. The van der Waals surface area contributed by atoms with Crippen LogP contribution in [0.2, 0.25) is 0 Å². The lowest BCUT2D eigenvalue weighted by atomic mass is 9.72. The first-order valence-electron chi connectivity index (χ1n) is 14.0. The standard InChI is InChI=1S/C32H38FN3O3/c1-32(2,3)39-31(38)36-27-11-9-21(10-12-27)30(36)29(37)14-20(17-34)13-24-7-5-23(16-28(24)33)22-6-8-25-18-35(4)19-26(25)15-22/h5-8,15-16,20-21,27,30H,9-14,18-19H2,1-4H3/t20-,21?,27?,30+/m1/s1. The van der Waals surface area contributed by atoms with Gasteiger partial charge in [-0.05, 0) is 106 Å². The third-order valence-electron chi connectivity index (χ3n) is 8.38. The summed E-state index contributed by atoms with van der Waals surface area (Å²) in [4.78, 5) is 30.5. The van der Waals surface area contributed by atoms with Gasteiger partial charge in [0.05, 0.1) is 18.0 Å². The van der Waals surface area contributed by atoms with Crippen molar-refractivity contribution in [1.82, 2.24) is 9.80 Å². The number of halogens is 1. The molecular weight excluding hydrogens is 493 g/mol. The van der Waals surface area contributed by atoms with E-state index in [1.165, 1.54) is 17.2 Å². The number of amides is 1. The Kier molecular flexibility index (Phi) is 7.52. The van der Waals surface area contributed by atoms with Gasteiger partial charge in [-0.15, -0.1) is 0 Å². The van der Waals surface area contributed by atoms with Crippen LogP contribution in [0, 0.1) is 29.0 Å². The first-order chi connectivity index (χ1) is 18.5. The summed E-state index contributed by atoms with van der Waals surface area (Å²) in [6, 6.07) is 13.0. The number of carbonyl (C=O) groups is 2. The van der Waals surface area contributed by atoms with Crippen LogP contribution >= 0.6 is 0 Å². The van der Waals surface area contributed by atoms with Crippen molar-refractivity contribution in [2.75, 3.05) is 7.05 Å². The van der Waals surface area contributed by atoms with E-state index in [-0.39, 0.29) is 36.4 Å². The molecule has 6 rings (SSSR count). The highest BCUT2D eigenvalue weighted by Crippen LogP contribution is 2.41. The monoisotopic (exact) mass is 531 g/mol. The molecule has 0 aromatic heterocycles. The number of nitrogens with zero attached hydrogens (tertiary/aromatic N) is 3. The first-order valence-corrected chi connectivity index (χ1v) is 14.0. The molecule has 6 nitrogen and oxygen atoms in total. The molecule has 1 saturated carbocycles. The summed E-state index contributed by atoms with van der Waals surface area (Å²) in [7, 11) is 2.08. The zero-order valence-electron chi connectivity index (χ0n) is 23.4. The van der Waals surface area contributed by atoms with E-state index in [2.05, 4.69) is 30.1 Å². The van der Waals surface area contributed by atoms with E-state index >= 15 is 4.39 Å². The molecular formula is C32H38FN3O3. The lowest BCUT2D eigenvalue weighted by molar-refractivity contribution is -0.133. The molecule has 2 bridgehead atoms. The summed E-state index contributed by atoms with van der Waals surface area (Å²) in [5, 5.41) is 9.90. The van der Waals surface area contributed by atoms with Crippen LogP contribution in [0.1, 0.15) is 69.6 Å². The van der Waals surface area contributed by atoms with Crippen LogP contribution in [-0.4, -0.2) is 46.4 Å². The van der Waals surface area contributed by atoms with Crippen molar-refractivity contribution in [1.29, 1.82) is 5.26 Å². The van der Waals surface area contributed by atoms with Gasteiger partial charge in [-0.1, -0.05) is 24.3 Å². The van der Waals surface area contributed by atoms with Crippen molar-refractivity contribution < 1.29 is 18.7 Å². The molecule has 7 heteroatoms. The largest absolute Gasteiger partial charge is 0.444 e. The summed E-state index contributed by atoms with van der Waals surface area (Å²) in [6.07, 6.45) is 3.21. The molecule has 39 heavy (non-hydrogen) atoms. The Hall–Kier alpha value is -3.24. The second-order valence-corrected chi connectivity index (χ2v) is 12.6. The smallest absolute Gasteiger partial charge is 0.411 e. The van der Waals surface area contributed by atoms with Gasteiger partial charge in [-0.3, -0.25) is 14.6 Å². The van der Waals surface area contributed by atoms with Crippen molar-refractivity contribution >= 4 is 11.9 Å². The second kappa shape index (κ2) is 10.7. The van der Waals surface area contributed by atoms with Crippen LogP contribution in [0.3, 0.4) is 0 Å². The van der Waals surface area contributed by atoms with E-state index in [9.17, 15) is 14.9 Å². The predicted molar refractivity (Wildman–Crippen MR) is 147 cm³/mol. The SMILES string of the molecule is CN1Cc2ccc(-c3ccc(C[C@@H](C#N)CC(=O)[C@@H]4C5CCC(CC5)N4C(=O)OC(C)(C)C)c(F)c3)cc2C1. The Morgan fingerprint density at radius 3 is 2.38 bits per heavy atom. The Labute approximate surface area is 230 Å². The van der Waals surface area contributed by atoms with Crippen molar-refractivity contribution in [2.24, 2.45) is 11.8 Å². The number of ether oxygens (including phenoxy) is 1. The normalized spacial score (nSPS) is 23.3. The minimum atomic E-state index is -0.672. The highest BCUT2D eigenvalue weighted by Gasteiger charge is 2.48. The Morgan fingerprint density at radius 2 is 1.72 bits per heavy atom. The molecule has 1 amide bonds. The van der Waals surface area contributed by atoms with Crippen LogP contribution in [0.15, 0.2) is 36.4 Å². The lowest BCUT2D eigenvalue weighted by Gasteiger charge is -2.50. The molecule has 0 radical (unpaired) electrons. The summed E-state index contributed by atoms with van der Waals surface area (Å²) < 4.78 is 20.9. The Morgan fingerprint density at radius 1 is 1.05 bits per heavy atom. The summed E-state index contributed by atoms with van der Waals surface area (Å²) in [5.41, 5.74) is 4.10. The topological polar surface area (TPSA) is 73.6 Å². The van der Waals surface area contributed by atoms with Crippen molar-refractivity contribution in [2.45, 2.75) is 90.1 Å². The maximum atomic E-state index is 15.2. The molecule has 0 spiro atoms. The number of ketones is 1. The number of piperidine rings is 2. The molecule has 206 valence electrons. The number of benzene rings is 2. The van der Waals surface area contributed by atoms with Crippen molar-refractivity contribution in [3.8, 4) is 17.2 Å². The van der Waals surface area contributed by atoms with Crippen molar-refractivity contribution in [3.63, 3.8) is 0 Å². The van der Waals surface area contributed by atoms with E-state index < -0.39 is 23.7 Å². The lowest BCUT2D eigenvalue weighted by Crippen LogP contribution is -2.61. The summed E-state index contributed by atoms with van der Waals surface area (Å²) in [5.74, 6) is -1.08. The van der Waals surface area contributed by atoms with E-state index in [0.29, 0.717) is 5.56 Å². The van der Waals surface area contributed by atoms with Gasteiger partial charge in [0.15, 0.2) is 5.78 Å². The zero-order valence-corrected chi connectivity index (χ0v) is 23.4. The van der Waals surface area contributed by atoms with Gasteiger partial charge in [0.1, 0.15) is 11.4 Å². The van der Waals surface area contributed by atoms with E-state index in [0.717, 1.165) is 49.9 Å². The maximum absolute atomic E-state index is 15.2. The second-order valence-electron chi connectivity index (χ2n) is 12.6. The van der Waals surface area contributed by atoms with Crippen LogP contribution in [-0.2, 0) is 29.0 Å². The van der Waals surface area contributed by atoms with Crippen LogP contribution in [0.25, 0.3) is 11.1 Å². The number of nitriles is 1. The number of hydrogen-bond acceptors (Lipinski definition) is 5. The highest BCUT2D eigenvalue weighted by molar-refractivity contribution is 5.89. The molecule has 0 unspecified atom stereocenters. The fourth-order valence-corrected chi connectivity index (χ4v) is 6.57. The van der Waals surface area contributed by atoms with Crippen LogP contribution < -0.4 is 0 Å². The third-order valence-corrected chi connectivity index (χ3v) is 8.38. The van der Waals surface area contributed by atoms with E-state index in [1.807, 2.05) is 32.9 Å². The number of fused-ring (bicyclic) bond motifs is 4. The number of hydrogen-bond donors (Lipinski definition) is 0. The molecule has 0 N–H and O–H groups in total. The molecule has 4 aliphatic rings. The maximum Gasteiger partial charge on any atom is 0.411 e. The molecule has 2 atom stereocenters. The fourth-order valence-electron chi connectivity index (χ4n) is 6.57. The molecule has 3 aliphatic heterocycles. The molecule has 2 saturated heterocycles. The van der Waals surface area contributed by atoms with Gasteiger partial charge < -0.3 is 4.74 Å². The predicted octanol–water partition coefficient (Wildman–Crippen LogP) is 6.26.